The summed E-state index contributed by atoms with van der Waals surface area (Å²) in [5, 5.41) is 9.34. The van der Waals surface area contributed by atoms with E-state index >= 15 is 0 Å². The van der Waals surface area contributed by atoms with E-state index in [0.717, 1.165) is 12.2 Å². The van der Waals surface area contributed by atoms with Crippen LogP contribution in [0.1, 0.15) is 43.5 Å². The lowest BCUT2D eigenvalue weighted by Gasteiger charge is -2.46. The molecule has 0 bridgehead atoms. The van der Waals surface area contributed by atoms with Crippen molar-refractivity contribution in [1.29, 1.82) is 0 Å². The molecule has 0 saturated heterocycles. The van der Waals surface area contributed by atoms with Crippen molar-refractivity contribution in [2.24, 2.45) is 11.8 Å². The first-order valence-electron chi connectivity index (χ1n) is 7.85. The molecule has 4 heteroatoms. The Morgan fingerprint density at radius 2 is 2.00 bits per heavy atom. The van der Waals surface area contributed by atoms with Crippen LogP contribution >= 0.6 is 0 Å². The molecule has 1 aliphatic carbocycles. The van der Waals surface area contributed by atoms with Crippen LogP contribution in [0, 0.1) is 11.8 Å². The molecule has 21 heavy (non-hydrogen) atoms. The molecule has 0 amide bonds. The fraction of sp³-hybridized carbons (Fsp3) is 0.588. The zero-order chi connectivity index (χ0) is 15.0. The number of aromatic carboxylic acids is 1. The van der Waals surface area contributed by atoms with Crippen LogP contribution < -0.4 is 9.64 Å². The second-order valence-corrected chi connectivity index (χ2v) is 6.38. The number of nitrogens with zero attached hydrogens (tertiary/aromatic N) is 1. The lowest BCUT2D eigenvalue weighted by atomic mass is 9.77. The molecule has 1 aliphatic heterocycles. The first kappa shape index (κ1) is 14.2. The molecule has 0 spiro atoms. The number of ether oxygens (including phenoxy) is 1. The van der Waals surface area contributed by atoms with Gasteiger partial charge in [0.05, 0.1) is 12.2 Å². The molecule has 1 N–H and O–H groups in total. The second kappa shape index (κ2) is 5.58. The molecular weight excluding hydrogens is 266 g/mol. The van der Waals surface area contributed by atoms with Gasteiger partial charge in [-0.25, -0.2) is 4.79 Å². The van der Waals surface area contributed by atoms with E-state index in [4.69, 9.17) is 4.74 Å². The number of hydrogen-bond donors (Lipinski definition) is 1. The van der Waals surface area contributed by atoms with Crippen molar-refractivity contribution in [1.82, 2.24) is 0 Å². The van der Waals surface area contributed by atoms with Gasteiger partial charge in [-0.3, -0.25) is 0 Å². The highest BCUT2D eigenvalue weighted by Crippen LogP contribution is 2.41. The lowest BCUT2D eigenvalue weighted by molar-refractivity contribution is 0.0691. The van der Waals surface area contributed by atoms with Gasteiger partial charge in [-0.1, -0.05) is 26.3 Å². The van der Waals surface area contributed by atoms with Gasteiger partial charge in [0.1, 0.15) is 12.2 Å². The molecule has 2 unspecified atom stereocenters. The molecule has 3 rings (SSSR count). The van der Waals surface area contributed by atoms with Gasteiger partial charge in [-0.05, 0) is 36.8 Å². The molecule has 1 fully saturated rings. The van der Waals surface area contributed by atoms with Crippen molar-refractivity contribution >= 4 is 11.7 Å². The summed E-state index contributed by atoms with van der Waals surface area (Å²) in [4.78, 5) is 13.8. The van der Waals surface area contributed by atoms with Crippen LogP contribution in [-0.2, 0) is 0 Å². The summed E-state index contributed by atoms with van der Waals surface area (Å²) in [6.45, 7) is 6.04. The van der Waals surface area contributed by atoms with Gasteiger partial charge in [0.15, 0.2) is 5.75 Å². The van der Waals surface area contributed by atoms with Crippen molar-refractivity contribution in [3.8, 4) is 5.75 Å². The van der Waals surface area contributed by atoms with Gasteiger partial charge in [-0.15, -0.1) is 0 Å². The molecule has 114 valence electrons. The fourth-order valence-electron chi connectivity index (χ4n) is 4.03. The van der Waals surface area contributed by atoms with Crippen molar-refractivity contribution in [2.45, 2.75) is 39.2 Å². The van der Waals surface area contributed by atoms with Gasteiger partial charge in [-0.2, -0.15) is 0 Å². The SMILES string of the molecule is CC1CCCC(C)C1N1CCOc2c(C(=O)O)cccc21. The average molecular weight is 289 g/mol. The molecule has 1 saturated carbocycles. The number of carboxylic acid groups (broad SMARTS) is 1. The summed E-state index contributed by atoms with van der Waals surface area (Å²) >= 11 is 0. The Hall–Kier alpha value is -1.71. The van der Waals surface area contributed by atoms with Gasteiger partial charge >= 0.3 is 5.97 Å². The highest BCUT2D eigenvalue weighted by molar-refractivity contribution is 5.93. The Kier molecular flexibility index (Phi) is 3.79. The minimum atomic E-state index is -0.918. The number of carbonyl (C=O) groups is 1. The number of benzene rings is 1. The Morgan fingerprint density at radius 3 is 2.67 bits per heavy atom. The zero-order valence-electron chi connectivity index (χ0n) is 12.7. The molecule has 2 atom stereocenters. The Labute approximate surface area is 125 Å². The van der Waals surface area contributed by atoms with E-state index < -0.39 is 5.97 Å². The van der Waals surface area contributed by atoms with Crippen molar-refractivity contribution in [3.05, 3.63) is 23.8 Å². The standard InChI is InChI=1S/C17H23NO3/c1-11-5-3-6-12(2)15(11)18-9-10-21-16-13(17(19)20)7-4-8-14(16)18/h4,7-8,11-12,15H,3,5-6,9-10H2,1-2H3,(H,19,20). The molecule has 0 aromatic heterocycles. The first-order chi connectivity index (χ1) is 10.1. The van der Waals surface area contributed by atoms with Crippen molar-refractivity contribution in [2.75, 3.05) is 18.1 Å². The maximum Gasteiger partial charge on any atom is 0.339 e. The van der Waals surface area contributed by atoms with Crippen LogP contribution in [0.15, 0.2) is 18.2 Å². The number of para-hydroxylation sites is 1. The third kappa shape index (κ3) is 2.47. The molecule has 1 heterocycles. The van der Waals surface area contributed by atoms with E-state index in [1.54, 1.807) is 6.07 Å². The number of hydrogen-bond acceptors (Lipinski definition) is 3. The summed E-state index contributed by atoms with van der Waals surface area (Å²) in [6.07, 6.45) is 3.80. The smallest absolute Gasteiger partial charge is 0.339 e. The number of rotatable bonds is 2. The number of anilines is 1. The zero-order valence-corrected chi connectivity index (χ0v) is 12.7. The van der Waals surface area contributed by atoms with Crippen LogP contribution in [0.25, 0.3) is 0 Å². The molecule has 1 aromatic carbocycles. The summed E-state index contributed by atoms with van der Waals surface area (Å²) in [6, 6.07) is 5.92. The van der Waals surface area contributed by atoms with Crippen LogP contribution in [0.5, 0.6) is 5.75 Å². The maximum atomic E-state index is 11.4. The quantitative estimate of drug-likeness (QED) is 0.906. The Bertz CT molecular complexity index is 533. The molecular formula is C17H23NO3. The number of carboxylic acids is 1. The minimum absolute atomic E-state index is 0.272. The van der Waals surface area contributed by atoms with Crippen molar-refractivity contribution in [3.63, 3.8) is 0 Å². The lowest BCUT2D eigenvalue weighted by Crippen LogP contribution is -2.49. The first-order valence-corrected chi connectivity index (χ1v) is 7.85. The monoisotopic (exact) mass is 289 g/mol. The third-order valence-electron chi connectivity index (χ3n) is 4.96. The van der Waals surface area contributed by atoms with E-state index in [-0.39, 0.29) is 5.56 Å². The highest BCUT2D eigenvalue weighted by atomic mass is 16.5. The van der Waals surface area contributed by atoms with Crippen LogP contribution in [0.4, 0.5) is 5.69 Å². The van der Waals surface area contributed by atoms with Crippen LogP contribution in [0.3, 0.4) is 0 Å². The van der Waals surface area contributed by atoms with Crippen molar-refractivity contribution < 1.29 is 14.6 Å². The topological polar surface area (TPSA) is 49.8 Å². The third-order valence-corrected chi connectivity index (χ3v) is 4.96. The second-order valence-electron chi connectivity index (χ2n) is 6.38. The van der Waals surface area contributed by atoms with Gasteiger partial charge < -0.3 is 14.7 Å². The Balaban J connectivity index is 2.00. The van der Waals surface area contributed by atoms with Gasteiger partial charge in [0.25, 0.3) is 0 Å². The largest absolute Gasteiger partial charge is 0.489 e. The van der Waals surface area contributed by atoms with Crippen LogP contribution in [-0.4, -0.2) is 30.3 Å². The maximum absolute atomic E-state index is 11.4. The molecule has 1 aromatic rings. The van der Waals surface area contributed by atoms with Gasteiger partial charge in [0.2, 0.25) is 0 Å². The van der Waals surface area contributed by atoms with Crippen LogP contribution in [0.2, 0.25) is 0 Å². The summed E-state index contributed by atoms with van der Waals surface area (Å²) < 4.78 is 5.68. The Morgan fingerprint density at radius 1 is 1.29 bits per heavy atom. The predicted molar refractivity (Wildman–Crippen MR) is 82.2 cm³/mol. The molecule has 0 radical (unpaired) electrons. The van der Waals surface area contributed by atoms with E-state index in [2.05, 4.69) is 18.7 Å². The van der Waals surface area contributed by atoms with E-state index in [9.17, 15) is 9.90 Å². The summed E-state index contributed by atoms with van der Waals surface area (Å²) in [5.74, 6) is 0.890. The molecule has 4 nitrogen and oxygen atoms in total. The summed E-state index contributed by atoms with van der Waals surface area (Å²) in [7, 11) is 0. The fourth-order valence-corrected chi connectivity index (χ4v) is 4.03. The van der Waals surface area contributed by atoms with E-state index in [0.29, 0.717) is 30.2 Å². The predicted octanol–water partition coefficient (Wildman–Crippen LogP) is 3.41. The van der Waals surface area contributed by atoms with Gasteiger partial charge in [0, 0.05) is 6.04 Å². The number of fused-ring (bicyclic) bond motifs is 1. The normalized spacial score (nSPS) is 28.7. The average Bonchev–Trinajstić information content (AvgIpc) is 2.46. The van der Waals surface area contributed by atoms with E-state index in [1.165, 1.54) is 19.3 Å². The summed E-state index contributed by atoms with van der Waals surface area (Å²) in [5.41, 5.74) is 1.22. The van der Waals surface area contributed by atoms with E-state index in [1.807, 2.05) is 12.1 Å². The molecule has 2 aliphatic rings. The highest BCUT2D eigenvalue weighted by Gasteiger charge is 2.36. The minimum Gasteiger partial charge on any atom is -0.489 e.